The zero-order chi connectivity index (χ0) is 11.9. The van der Waals surface area contributed by atoms with E-state index in [9.17, 15) is 0 Å². The molecule has 0 aromatic heterocycles. The molecule has 1 nitrogen and oxygen atoms in total. The molecule has 0 N–H and O–H groups in total. The second-order valence-corrected chi connectivity index (χ2v) is 5.04. The normalized spacial score (nSPS) is 23.2. The number of aryl methyl sites for hydroxylation is 2. The summed E-state index contributed by atoms with van der Waals surface area (Å²) in [5.41, 5.74) is 6.88. The zero-order valence-corrected chi connectivity index (χ0v) is 11.0. The first-order valence-corrected chi connectivity index (χ1v) is 6.22. The van der Waals surface area contributed by atoms with Crippen LogP contribution >= 0.6 is 0 Å². The zero-order valence-electron chi connectivity index (χ0n) is 11.0. The lowest BCUT2D eigenvalue weighted by atomic mass is 9.75. The molecule has 0 fully saturated rings. The van der Waals surface area contributed by atoms with Gasteiger partial charge in [-0.1, -0.05) is 26.8 Å². The van der Waals surface area contributed by atoms with Crippen LogP contribution in [0, 0.1) is 6.92 Å². The number of hydrogen-bond acceptors (Lipinski definition) is 1. The first-order chi connectivity index (χ1) is 7.52. The van der Waals surface area contributed by atoms with Crippen LogP contribution in [0.15, 0.2) is 17.1 Å². The number of nitrogens with zero attached hydrogens (tertiary/aromatic N) is 1. The van der Waals surface area contributed by atoms with Gasteiger partial charge in [-0.3, -0.25) is 4.99 Å². The fourth-order valence-corrected chi connectivity index (χ4v) is 2.77. The summed E-state index contributed by atoms with van der Waals surface area (Å²) in [6, 6.07) is 4.58. The third-order valence-corrected chi connectivity index (χ3v) is 4.13. The summed E-state index contributed by atoms with van der Waals surface area (Å²) in [6.07, 6.45) is 2.22. The minimum Gasteiger partial charge on any atom is -0.257 e. The molecule has 0 aliphatic carbocycles. The number of benzene rings is 1. The highest BCUT2D eigenvalue weighted by Crippen LogP contribution is 2.44. The average Bonchev–Trinajstić information content (AvgIpc) is 2.52. The maximum atomic E-state index is 4.76. The monoisotopic (exact) mass is 215 g/mol. The van der Waals surface area contributed by atoms with Gasteiger partial charge in [0.15, 0.2) is 0 Å². The molecule has 2 rings (SSSR count). The van der Waals surface area contributed by atoms with Crippen LogP contribution in [-0.4, -0.2) is 5.71 Å². The molecule has 0 saturated carbocycles. The summed E-state index contributed by atoms with van der Waals surface area (Å²) in [6.45, 7) is 11.2. The molecule has 1 atom stereocenters. The van der Waals surface area contributed by atoms with Gasteiger partial charge < -0.3 is 0 Å². The van der Waals surface area contributed by atoms with E-state index >= 15 is 0 Å². The summed E-state index contributed by atoms with van der Waals surface area (Å²) >= 11 is 0. The van der Waals surface area contributed by atoms with Gasteiger partial charge in [-0.05, 0) is 49.4 Å². The van der Waals surface area contributed by atoms with Gasteiger partial charge >= 0.3 is 0 Å². The van der Waals surface area contributed by atoms with Crippen molar-refractivity contribution in [2.45, 2.75) is 52.9 Å². The van der Waals surface area contributed by atoms with Crippen LogP contribution in [0.4, 0.5) is 5.69 Å². The average molecular weight is 215 g/mol. The lowest BCUT2D eigenvalue weighted by Gasteiger charge is -2.26. The van der Waals surface area contributed by atoms with Crippen molar-refractivity contribution in [2.24, 2.45) is 4.99 Å². The Morgan fingerprint density at radius 3 is 2.44 bits per heavy atom. The number of rotatable bonds is 2. The van der Waals surface area contributed by atoms with Crippen molar-refractivity contribution in [1.82, 2.24) is 0 Å². The van der Waals surface area contributed by atoms with Crippen LogP contribution in [0.3, 0.4) is 0 Å². The molecule has 16 heavy (non-hydrogen) atoms. The maximum absolute atomic E-state index is 4.76. The molecule has 0 spiro atoms. The Hall–Kier alpha value is -1.11. The third-order valence-electron chi connectivity index (χ3n) is 4.13. The lowest BCUT2D eigenvalue weighted by Crippen LogP contribution is -2.27. The first kappa shape index (κ1) is 11.4. The van der Waals surface area contributed by atoms with Gasteiger partial charge in [0.2, 0.25) is 0 Å². The highest BCUT2D eigenvalue weighted by molar-refractivity contribution is 6.00. The maximum Gasteiger partial charge on any atom is 0.0676 e. The smallest absolute Gasteiger partial charge is 0.0676 e. The molecule has 0 radical (unpaired) electrons. The van der Waals surface area contributed by atoms with E-state index in [0.717, 1.165) is 12.8 Å². The summed E-state index contributed by atoms with van der Waals surface area (Å²) in [5.74, 6) is 0. The lowest BCUT2D eigenvalue weighted by molar-refractivity contribution is 0.620. The Bertz CT molecular complexity index is 457. The van der Waals surface area contributed by atoms with Gasteiger partial charge in [-0.2, -0.15) is 0 Å². The first-order valence-electron chi connectivity index (χ1n) is 6.22. The third kappa shape index (κ3) is 1.41. The van der Waals surface area contributed by atoms with E-state index in [0.29, 0.717) is 0 Å². The van der Waals surface area contributed by atoms with Gasteiger partial charge in [0.1, 0.15) is 0 Å². The quantitative estimate of drug-likeness (QED) is 0.696. The molecule has 1 heterocycles. The van der Waals surface area contributed by atoms with Crippen LogP contribution in [0.25, 0.3) is 0 Å². The van der Waals surface area contributed by atoms with Crippen molar-refractivity contribution in [2.75, 3.05) is 0 Å². The summed E-state index contributed by atoms with van der Waals surface area (Å²) in [4.78, 5) is 4.76. The van der Waals surface area contributed by atoms with Gasteiger partial charge in [0.25, 0.3) is 0 Å². The fraction of sp³-hybridized carbons (Fsp3) is 0.533. The molecule has 1 heteroatoms. The van der Waals surface area contributed by atoms with E-state index in [1.807, 2.05) is 0 Å². The topological polar surface area (TPSA) is 12.4 Å². The molecule has 0 bridgehead atoms. The highest BCUT2D eigenvalue weighted by Gasteiger charge is 2.36. The Kier molecular flexibility index (Phi) is 2.65. The Labute approximate surface area is 98.6 Å². The van der Waals surface area contributed by atoms with Crippen LogP contribution in [-0.2, 0) is 11.8 Å². The van der Waals surface area contributed by atoms with Gasteiger partial charge in [-0.15, -0.1) is 0 Å². The van der Waals surface area contributed by atoms with E-state index in [-0.39, 0.29) is 5.41 Å². The van der Waals surface area contributed by atoms with Gasteiger partial charge in [0.05, 0.1) is 5.69 Å². The van der Waals surface area contributed by atoms with Crippen LogP contribution in [0.5, 0.6) is 0 Å². The standard InChI is InChI=1S/C15H21N/c1-6-12-8-10(3)14-13(9-12)16-11(4)15(14,5)7-2/h8-9H,6-7H2,1-5H3. The van der Waals surface area contributed by atoms with Crippen molar-refractivity contribution in [1.29, 1.82) is 0 Å². The molecule has 86 valence electrons. The number of aliphatic imine (C=N–C) groups is 1. The highest BCUT2D eigenvalue weighted by atomic mass is 14.8. The summed E-state index contributed by atoms with van der Waals surface area (Å²) < 4.78 is 0. The minimum atomic E-state index is 0.158. The Morgan fingerprint density at radius 1 is 1.19 bits per heavy atom. The Morgan fingerprint density at radius 2 is 1.88 bits per heavy atom. The largest absolute Gasteiger partial charge is 0.257 e. The second-order valence-electron chi connectivity index (χ2n) is 5.04. The van der Waals surface area contributed by atoms with Crippen LogP contribution in [0.1, 0.15) is 50.8 Å². The van der Waals surface area contributed by atoms with Crippen molar-refractivity contribution in [3.8, 4) is 0 Å². The van der Waals surface area contributed by atoms with Gasteiger partial charge in [0, 0.05) is 11.1 Å². The SMILES string of the molecule is CCc1cc(C)c2c(c1)N=C(C)C2(C)CC. The molecule has 0 saturated heterocycles. The van der Waals surface area contributed by atoms with Crippen molar-refractivity contribution >= 4 is 11.4 Å². The van der Waals surface area contributed by atoms with Crippen molar-refractivity contribution in [3.05, 3.63) is 28.8 Å². The van der Waals surface area contributed by atoms with E-state index in [4.69, 9.17) is 4.99 Å². The van der Waals surface area contributed by atoms with Gasteiger partial charge in [-0.25, -0.2) is 0 Å². The van der Waals surface area contributed by atoms with E-state index in [1.165, 1.54) is 28.1 Å². The second kappa shape index (κ2) is 3.73. The van der Waals surface area contributed by atoms with Crippen molar-refractivity contribution in [3.63, 3.8) is 0 Å². The predicted octanol–water partition coefficient (Wildman–Crippen LogP) is 4.33. The predicted molar refractivity (Wildman–Crippen MR) is 71.0 cm³/mol. The van der Waals surface area contributed by atoms with E-state index in [2.05, 4.69) is 46.8 Å². The van der Waals surface area contributed by atoms with E-state index in [1.54, 1.807) is 0 Å². The number of fused-ring (bicyclic) bond motifs is 1. The molecule has 1 aromatic rings. The van der Waals surface area contributed by atoms with Crippen LogP contribution < -0.4 is 0 Å². The molecule has 1 aliphatic rings. The molecule has 1 aromatic carbocycles. The summed E-state index contributed by atoms with van der Waals surface area (Å²) in [7, 11) is 0. The molecule has 1 aliphatic heterocycles. The van der Waals surface area contributed by atoms with E-state index < -0.39 is 0 Å². The minimum absolute atomic E-state index is 0.158. The fourth-order valence-electron chi connectivity index (χ4n) is 2.77. The molecular weight excluding hydrogens is 194 g/mol. The Balaban J connectivity index is 2.65. The molecular formula is C15H21N. The van der Waals surface area contributed by atoms with Crippen LogP contribution in [0.2, 0.25) is 0 Å². The molecule has 1 unspecified atom stereocenters. The van der Waals surface area contributed by atoms with Crippen molar-refractivity contribution < 1.29 is 0 Å². The number of hydrogen-bond donors (Lipinski definition) is 0. The summed E-state index contributed by atoms with van der Waals surface area (Å²) in [5, 5.41) is 0. The molecule has 0 amide bonds.